The van der Waals surface area contributed by atoms with Gasteiger partial charge in [-0.25, -0.2) is 0 Å². The van der Waals surface area contributed by atoms with E-state index in [4.69, 9.17) is 15.7 Å². The monoisotopic (exact) mass is 209 g/mol. The summed E-state index contributed by atoms with van der Waals surface area (Å²) >= 11 is 0. The number of piperidine rings is 1. The maximum Gasteiger partial charge on any atom is 0.0620 e. The highest BCUT2D eigenvalue weighted by atomic mass is 14.9. The molecule has 1 aromatic carbocycles. The van der Waals surface area contributed by atoms with Gasteiger partial charge in [-0.05, 0) is 30.9 Å². The second-order valence-electron chi connectivity index (χ2n) is 5.00. The molecule has 4 radical (unpaired) electrons. The van der Waals surface area contributed by atoms with Gasteiger partial charge in [-0.1, -0.05) is 42.5 Å². The van der Waals surface area contributed by atoms with Crippen molar-refractivity contribution in [3.8, 4) is 0 Å². The third kappa shape index (κ3) is 2.70. The van der Waals surface area contributed by atoms with Crippen molar-refractivity contribution >= 4 is 15.7 Å². The topological polar surface area (TPSA) is 12.0 Å². The SMILES string of the molecule is [B]C([B])(C)C1CCNC(c2ccccc2)C1. The summed E-state index contributed by atoms with van der Waals surface area (Å²) in [6, 6.07) is 10.9. The average Bonchev–Trinajstić information content (AvgIpc) is 2.29. The lowest BCUT2D eigenvalue weighted by Crippen LogP contribution is -2.36. The maximum atomic E-state index is 6.00. The number of rotatable bonds is 2. The van der Waals surface area contributed by atoms with Crippen LogP contribution >= 0.6 is 0 Å². The first kappa shape index (κ1) is 11.8. The van der Waals surface area contributed by atoms with Crippen molar-refractivity contribution in [1.82, 2.24) is 5.32 Å². The molecule has 3 heteroatoms. The fraction of sp³-hybridized carbons (Fsp3) is 0.538. The first-order valence-electron chi connectivity index (χ1n) is 5.93. The third-order valence-electron chi connectivity index (χ3n) is 3.49. The van der Waals surface area contributed by atoms with E-state index in [-0.39, 0.29) is 0 Å². The van der Waals surface area contributed by atoms with E-state index in [1.54, 1.807) is 0 Å². The Kier molecular flexibility index (Phi) is 3.44. The van der Waals surface area contributed by atoms with Crippen LogP contribution in [0.3, 0.4) is 0 Å². The quantitative estimate of drug-likeness (QED) is 0.736. The van der Waals surface area contributed by atoms with Crippen LogP contribution in [0.1, 0.15) is 31.4 Å². The van der Waals surface area contributed by atoms with E-state index in [9.17, 15) is 0 Å². The summed E-state index contributed by atoms with van der Waals surface area (Å²) in [6.07, 6.45) is 2.08. The smallest absolute Gasteiger partial charge is 0.0620 e. The van der Waals surface area contributed by atoms with Crippen LogP contribution < -0.4 is 5.32 Å². The van der Waals surface area contributed by atoms with Crippen molar-refractivity contribution in [2.24, 2.45) is 5.92 Å². The van der Waals surface area contributed by atoms with E-state index in [2.05, 4.69) is 29.6 Å². The summed E-state index contributed by atoms with van der Waals surface area (Å²) in [5.74, 6) is 0.388. The molecule has 0 aliphatic carbocycles. The van der Waals surface area contributed by atoms with Crippen molar-refractivity contribution in [3.63, 3.8) is 0 Å². The minimum atomic E-state index is -0.560. The third-order valence-corrected chi connectivity index (χ3v) is 3.49. The summed E-state index contributed by atoms with van der Waals surface area (Å²) in [4.78, 5) is 0. The first-order chi connectivity index (χ1) is 7.57. The molecule has 0 aromatic heterocycles. The maximum absolute atomic E-state index is 6.00. The van der Waals surface area contributed by atoms with Gasteiger partial charge in [-0.2, -0.15) is 0 Å². The van der Waals surface area contributed by atoms with Gasteiger partial charge in [0.2, 0.25) is 0 Å². The lowest BCUT2D eigenvalue weighted by molar-refractivity contribution is 0.284. The Bertz CT molecular complexity index is 332. The molecule has 1 aromatic rings. The summed E-state index contributed by atoms with van der Waals surface area (Å²) in [5.41, 5.74) is 1.33. The van der Waals surface area contributed by atoms with Gasteiger partial charge in [-0.3, -0.25) is 0 Å². The lowest BCUT2D eigenvalue weighted by Gasteiger charge is -2.39. The molecule has 1 nitrogen and oxygen atoms in total. The Balaban J connectivity index is 2.08. The molecule has 1 aliphatic heterocycles. The van der Waals surface area contributed by atoms with Crippen molar-refractivity contribution < 1.29 is 0 Å². The Morgan fingerprint density at radius 3 is 2.56 bits per heavy atom. The van der Waals surface area contributed by atoms with Crippen LogP contribution in [-0.4, -0.2) is 22.2 Å². The predicted octanol–water partition coefficient (Wildman–Crippen LogP) is 2.20. The largest absolute Gasteiger partial charge is 0.310 e. The number of nitrogens with one attached hydrogen (secondary N) is 1. The van der Waals surface area contributed by atoms with Crippen LogP contribution in [0.5, 0.6) is 0 Å². The van der Waals surface area contributed by atoms with Crippen molar-refractivity contribution in [2.45, 2.75) is 31.0 Å². The number of hydrogen-bond acceptors (Lipinski definition) is 1. The highest BCUT2D eigenvalue weighted by Gasteiger charge is 2.29. The molecule has 2 rings (SSSR count). The molecule has 1 heterocycles. The number of benzene rings is 1. The minimum Gasteiger partial charge on any atom is -0.310 e. The van der Waals surface area contributed by atoms with E-state index < -0.39 is 5.21 Å². The van der Waals surface area contributed by atoms with E-state index in [1.807, 2.05) is 13.0 Å². The van der Waals surface area contributed by atoms with Crippen molar-refractivity contribution in [1.29, 1.82) is 0 Å². The standard InChI is InChI=1S/C13H17B2N/c1-13(14,15)11-7-8-16-12(9-11)10-5-3-2-4-6-10/h2-6,11-12,16H,7-9H2,1H3. The Hall–Kier alpha value is -0.690. The Labute approximate surface area is 101 Å². The summed E-state index contributed by atoms with van der Waals surface area (Å²) < 4.78 is 0. The van der Waals surface area contributed by atoms with Crippen LogP contribution in [-0.2, 0) is 0 Å². The zero-order chi connectivity index (χ0) is 11.6. The van der Waals surface area contributed by atoms with Gasteiger partial charge >= 0.3 is 0 Å². The fourth-order valence-corrected chi connectivity index (χ4v) is 2.42. The highest BCUT2D eigenvalue weighted by molar-refractivity contribution is 6.39. The zero-order valence-corrected chi connectivity index (χ0v) is 9.82. The van der Waals surface area contributed by atoms with Crippen molar-refractivity contribution in [3.05, 3.63) is 35.9 Å². The van der Waals surface area contributed by atoms with Crippen LogP contribution in [0.15, 0.2) is 30.3 Å². The molecule has 0 amide bonds. The molecule has 0 spiro atoms. The van der Waals surface area contributed by atoms with E-state index >= 15 is 0 Å². The minimum absolute atomic E-state index is 0.388. The molecule has 1 fully saturated rings. The molecular formula is C13H17B2N. The number of hydrogen-bond donors (Lipinski definition) is 1. The van der Waals surface area contributed by atoms with Crippen LogP contribution in [0, 0.1) is 5.92 Å². The van der Waals surface area contributed by atoms with Gasteiger partial charge in [0.25, 0.3) is 0 Å². The molecule has 16 heavy (non-hydrogen) atoms. The van der Waals surface area contributed by atoms with Gasteiger partial charge in [-0.15, -0.1) is 0 Å². The zero-order valence-electron chi connectivity index (χ0n) is 9.82. The van der Waals surface area contributed by atoms with E-state index in [1.165, 1.54) is 5.56 Å². The normalized spacial score (nSPS) is 26.6. The van der Waals surface area contributed by atoms with Gasteiger partial charge in [0, 0.05) is 6.04 Å². The van der Waals surface area contributed by atoms with Gasteiger partial charge < -0.3 is 5.32 Å². The van der Waals surface area contributed by atoms with E-state index in [0.717, 1.165) is 19.4 Å². The summed E-state index contributed by atoms with van der Waals surface area (Å²) in [7, 11) is 12.0. The highest BCUT2D eigenvalue weighted by Crippen LogP contribution is 2.39. The second kappa shape index (κ2) is 4.67. The lowest BCUT2D eigenvalue weighted by atomic mass is 9.47. The Morgan fingerprint density at radius 2 is 1.94 bits per heavy atom. The molecule has 0 saturated carbocycles. The second-order valence-corrected chi connectivity index (χ2v) is 5.00. The molecule has 1 saturated heterocycles. The first-order valence-corrected chi connectivity index (χ1v) is 5.93. The molecule has 1 N–H and O–H groups in total. The Morgan fingerprint density at radius 1 is 1.25 bits per heavy atom. The van der Waals surface area contributed by atoms with E-state index in [0.29, 0.717) is 12.0 Å². The molecule has 2 unspecified atom stereocenters. The van der Waals surface area contributed by atoms with Crippen LogP contribution in [0.2, 0.25) is 5.21 Å². The molecule has 0 bridgehead atoms. The van der Waals surface area contributed by atoms with Crippen LogP contribution in [0.4, 0.5) is 0 Å². The van der Waals surface area contributed by atoms with Gasteiger partial charge in [0.15, 0.2) is 0 Å². The molecule has 80 valence electrons. The average molecular weight is 209 g/mol. The summed E-state index contributed by atoms with van der Waals surface area (Å²) in [6.45, 7) is 2.92. The van der Waals surface area contributed by atoms with Gasteiger partial charge in [0.05, 0.1) is 15.7 Å². The predicted molar refractivity (Wildman–Crippen MR) is 69.8 cm³/mol. The molecular weight excluding hydrogens is 192 g/mol. The summed E-state index contributed by atoms with van der Waals surface area (Å²) in [5, 5.41) is 2.97. The molecule has 2 atom stereocenters. The van der Waals surface area contributed by atoms with Gasteiger partial charge in [0.1, 0.15) is 0 Å². The van der Waals surface area contributed by atoms with Crippen molar-refractivity contribution in [2.75, 3.05) is 6.54 Å². The molecule has 1 aliphatic rings. The fourth-order valence-electron chi connectivity index (χ4n) is 2.42. The van der Waals surface area contributed by atoms with Crippen LogP contribution in [0.25, 0.3) is 0 Å².